The Morgan fingerprint density at radius 3 is 2.73 bits per heavy atom. The van der Waals surface area contributed by atoms with Crippen LogP contribution in [0.5, 0.6) is 0 Å². The first-order valence-electron chi connectivity index (χ1n) is 3.47. The third kappa shape index (κ3) is 1.81. The Bertz CT molecular complexity index is 227. The summed E-state index contributed by atoms with van der Waals surface area (Å²) in [4.78, 5) is 23.1. The van der Waals surface area contributed by atoms with Gasteiger partial charge in [-0.25, -0.2) is 0 Å². The summed E-state index contributed by atoms with van der Waals surface area (Å²) in [6, 6.07) is 0. The molecule has 11 heavy (non-hydrogen) atoms. The molecule has 0 aromatic carbocycles. The van der Waals surface area contributed by atoms with Gasteiger partial charge in [0.25, 0.3) is 0 Å². The molecule has 0 radical (unpaired) electrons. The zero-order valence-corrected chi connectivity index (χ0v) is 6.17. The first-order valence-corrected chi connectivity index (χ1v) is 3.47. The van der Waals surface area contributed by atoms with Gasteiger partial charge in [-0.3, -0.25) is 9.59 Å². The van der Waals surface area contributed by atoms with Gasteiger partial charge in [-0.05, 0) is 0 Å². The normalized spacial score (nSPS) is 17.2. The number of carbonyl (C=O) groups excluding carboxylic acids is 2. The van der Waals surface area contributed by atoms with E-state index in [1.54, 1.807) is 0 Å². The number of nitrogens with zero attached hydrogens (tertiary/aromatic N) is 1. The third-order valence-electron chi connectivity index (χ3n) is 1.59. The lowest BCUT2D eigenvalue weighted by Gasteiger charge is -2.11. The second kappa shape index (κ2) is 3.20. The van der Waals surface area contributed by atoms with Crippen molar-refractivity contribution in [3.8, 4) is 12.3 Å². The van der Waals surface area contributed by atoms with E-state index < -0.39 is 0 Å². The van der Waals surface area contributed by atoms with E-state index in [0.717, 1.165) is 0 Å². The Morgan fingerprint density at radius 2 is 2.27 bits per heavy atom. The van der Waals surface area contributed by atoms with Crippen molar-refractivity contribution in [2.24, 2.45) is 0 Å². The second-order valence-corrected chi connectivity index (χ2v) is 2.48. The van der Waals surface area contributed by atoms with Crippen LogP contribution >= 0.6 is 0 Å². The van der Waals surface area contributed by atoms with Gasteiger partial charge in [0.05, 0.1) is 13.0 Å². The fourth-order valence-corrected chi connectivity index (χ4v) is 1.04. The summed E-state index contributed by atoms with van der Waals surface area (Å²) in [5.41, 5.74) is 0. The zero-order valence-electron chi connectivity index (χ0n) is 6.17. The van der Waals surface area contributed by atoms with Crippen molar-refractivity contribution in [3.05, 3.63) is 0 Å². The summed E-state index contributed by atoms with van der Waals surface area (Å²) in [7, 11) is 0. The largest absolute Gasteiger partial charge is 0.334 e. The Morgan fingerprint density at radius 1 is 1.55 bits per heavy atom. The number of amides is 1. The number of carbonyl (C=O) groups is 2. The fraction of sp³-hybridized carbons (Fsp3) is 0.500. The van der Waals surface area contributed by atoms with Crippen molar-refractivity contribution in [2.45, 2.75) is 12.8 Å². The molecular formula is C8H9NO2. The van der Waals surface area contributed by atoms with Crippen LogP contribution in [0.3, 0.4) is 0 Å². The molecule has 0 spiro atoms. The minimum atomic E-state index is -0.0924. The average molecular weight is 151 g/mol. The Balaban J connectivity index is 2.42. The van der Waals surface area contributed by atoms with Gasteiger partial charge in [-0.15, -0.1) is 12.3 Å². The Hall–Kier alpha value is -1.30. The average Bonchev–Trinajstić information content (AvgIpc) is 2.26. The molecule has 0 bridgehead atoms. The van der Waals surface area contributed by atoms with E-state index in [0.29, 0.717) is 13.0 Å². The molecule has 0 aliphatic carbocycles. The number of likely N-dealkylation sites (tertiary alicyclic amines) is 1. The van der Waals surface area contributed by atoms with Crippen LogP contribution < -0.4 is 0 Å². The highest BCUT2D eigenvalue weighted by atomic mass is 16.2. The quantitative estimate of drug-likeness (QED) is 0.405. The summed E-state index contributed by atoms with van der Waals surface area (Å²) in [5.74, 6) is 2.33. The van der Waals surface area contributed by atoms with Gasteiger partial charge >= 0.3 is 0 Å². The molecule has 0 saturated carbocycles. The number of Topliss-reactive ketones (excluding diaryl/α,β-unsaturated/α-hetero) is 1. The van der Waals surface area contributed by atoms with Crippen LogP contribution in [0.2, 0.25) is 0 Å². The monoisotopic (exact) mass is 151 g/mol. The SMILES string of the molecule is C#CCCN1CC(=O)CC1=O. The second-order valence-electron chi connectivity index (χ2n) is 2.48. The molecule has 0 atom stereocenters. The van der Waals surface area contributed by atoms with Gasteiger partial charge in [0.2, 0.25) is 5.91 Å². The maximum absolute atomic E-state index is 10.9. The third-order valence-corrected chi connectivity index (χ3v) is 1.59. The molecule has 0 unspecified atom stereocenters. The molecular weight excluding hydrogens is 142 g/mol. The topological polar surface area (TPSA) is 37.4 Å². The van der Waals surface area contributed by atoms with Crippen molar-refractivity contribution in [1.82, 2.24) is 4.90 Å². The highest BCUT2D eigenvalue weighted by molar-refractivity contribution is 6.05. The summed E-state index contributed by atoms with van der Waals surface area (Å²) in [6.45, 7) is 0.765. The molecule has 0 N–H and O–H groups in total. The van der Waals surface area contributed by atoms with E-state index in [-0.39, 0.29) is 24.7 Å². The van der Waals surface area contributed by atoms with Crippen molar-refractivity contribution >= 4 is 11.7 Å². The van der Waals surface area contributed by atoms with Crippen LogP contribution in [-0.4, -0.2) is 29.7 Å². The van der Waals surface area contributed by atoms with Crippen LogP contribution in [0.1, 0.15) is 12.8 Å². The van der Waals surface area contributed by atoms with Gasteiger partial charge in [0.1, 0.15) is 0 Å². The van der Waals surface area contributed by atoms with Crippen LogP contribution in [0.15, 0.2) is 0 Å². The highest BCUT2D eigenvalue weighted by Gasteiger charge is 2.26. The molecule has 1 fully saturated rings. The molecule has 0 aromatic heterocycles. The maximum Gasteiger partial charge on any atom is 0.230 e. The minimum absolute atomic E-state index is 0.00739. The smallest absolute Gasteiger partial charge is 0.230 e. The first kappa shape index (κ1) is 7.80. The molecule has 1 amide bonds. The summed E-state index contributed by atoms with van der Waals surface area (Å²) in [5, 5.41) is 0. The fourth-order valence-electron chi connectivity index (χ4n) is 1.04. The lowest BCUT2D eigenvalue weighted by molar-refractivity contribution is -0.127. The number of hydrogen-bond donors (Lipinski definition) is 0. The highest BCUT2D eigenvalue weighted by Crippen LogP contribution is 2.05. The molecule has 1 saturated heterocycles. The molecule has 3 nitrogen and oxygen atoms in total. The molecule has 0 aromatic rings. The van der Waals surface area contributed by atoms with Crippen molar-refractivity contribution in [2.75, 3.05) is 13.1 Å². The predicted octanol–water partition coefficient (Wildman–Crippen LogP) is -0.189. The lowest BCUT2D eigenvalue weighted by Crippen LogP contribution is -2.25. The zero-order chi connectivity index (χ0) is 8.27. The van der Waals surface area contributed by atoms with Crippen LogP contribution in [0.25, 0.3) is 0 Å². The Labute approximate surface area is 65.4 Å². The van der Waals surface area contributed by atoms with E-state index in [2.05, 4.69) is 5.92 Å². The van der Waals surface area contributed by atoms with E-state index in [1.807, 2.05) is 0 Å². The maximum atomic E-state index is 10.9. The molecule has 1 heterocycles. The number of ketones is 1. The van der Waals surface area contributed by atoms with E-state index in [1.165, 1.54) is 4.90 Å². The first-order chi connectivity index (χ1) is 5.24. The van der Waals surface area contributed by atoms with Gasteiger partial charge < -0.3 is 4.90 Å². The van der Waals surface area contributed by atoms with Crippen molar-refractivity contribution < 1.29 is 9.59 Å². The summed E-state index contributed by atoms with van der Waals surface area (Å²) >= 11 is 0. The predicted molar refractivity (Wildman–Crippen MR) is 39.7 cm³/mol. The van der Waals surface area contributed by atoms with Crippen molar-refractivity contribution in [3.63, 3.8) is 0 Å². The molecule has 1 aliphatic heterocycles. The molecule has 58 valence electrons. The minimum Gasteiger partial charge on any atom is -0.334 e. The number of terminal acetylenes is 1. The molecule has 3 heteroatoms. The van der Waals surface area contributed by atoms with E-state index in [9.17, 15) is 9.59 Å². The number of hydrogen-bond acceptors (Lipinski definition) is 2. The standard InChI is InChI=1S/C8H9NO2/c1-2-3-4-9-6-7(10)5-8(9)11/h1H,3-6H2. The van der Waals surface area contributed by atoms with Crippen molar-refractivity contribution in [1.29, 1.82) is 0 Å². The summed E-state index contributed by atoms with van der Waals surface area (Å²) in [6.07, 6.45) is 5.60. The van der Waals surface area contributed by atoms with Gasteiger partial charge in [-0.2, -0.15) is 0 Å². The Kier molecular flexibility index (Phi) is 2.27. The van der Waals surface area contributed by atoms with E-state index in [4.69, 9.17) is 6.42 Å². The number of rotatable bonds is 2. The van der Waals surface area contributed by atoms with Crippen LogP contribution in [-0.2, 0) is 9.59 Å². The van der Waals surface area contributed by atoms with Gasteiger partial charge in [-0.1, -0.05) is 0 Å². The van der Waals surface area contributed by atoms with Crippen LogP contribution in [0.4, 0.5) is 0 Å². The van der Waals surface area contributed by atoms with E-state index >= 15 is 0 Å². The molecule has 1 aliphatic rings. The van der Waals surface area contributed by atoms with Crippen LogP contribution in [0, 0.1) is 12.3 Å². The lowest BCUT2D eigenvalue weighted by atomic mass is 10.3. The molecule has 1 rings (SSSR count). The summed E-state index contributed by atoms with van der Waals surface area (Å²) < 4.78 is 0. The van der Waals surface area contributed by atoms with Gasteiger partial charge in [0, 0.05) is 13.0 Å². The van der Waals surface area contributed by atoms with Gasteiger partial charge in [0.15, 0.2) is 5.78 Å².